The van der Waals surface area contributed by atoms with E-state index in [0.717, 1.165) is 42.1 Å². The summed E-state index contributed by atoms with van der Waals surface area (Å²) in [4.78, 5) is 59.5. The van der Waals surface area contributed by atoms with Gasteiger partial charge in [-0.2, -0.15) is 0 Å². The molecular formula is C54H69MgN4O6-. The molecule has 4 atom stereocenters. The number of hydrogen-bond donors (Lipinski definition) is 0. The van der Waals surface area contributed by atoms with Gasteiger partial charge in [0.05, 0.1) is 29.8 Å². The number of esters is 2. The molecule has 10 nitrogen and oxygen atoms in total. The standard InChI is InChI=1S/C54H72N4O6.Mg/c1-12-38-34(7)42-27-46-40(29-59)36(9)41(56-46)26-43-35(8)39(51(57-43)49-50(54(62)63-11)53(61)48-37(10)44(58-52(48)49)28-45(38)55-42)22-23-47(60)64-25-24-33(6)21-15-20-32(5)19-14-18-31(4)17-13-16-30(2)3;/h24,26-32,35,39H,12-23,25H2,1-11H3,(H3,55,56,57,58,59,61,62);/q;+2/p-3/b33-24+;/t31-,32-,35+,39+;/m1./s1. The SMILES string of the molecule is CCC1=C(C)c2cc3[n-]c(cc4nc(c5c6[n-]c(cc1n2)c(C)c6C([O-])=C5C(=O)OC)[C@@H](CCC(=O)OC/C=C(\C)CCC[C@H](C)CCC[C@H](C)CCCC(C)C)[C@@H]4C)c(C)c3C=O.[Mg+2]. The van der Waals surface area contributed by atoms with Gasteiger partial charge < -0.3 is 24.5 Å². The van der Waals surface area contributed by atoms with Gasteiger partial charge in [-0.3, -0.25) is 14.6 Å². The van der Waals surface area contributed by atoms with E-state index in [0.29, 0.717) is 91.4 Å². The molecule has 2 aliphatic heterocycles. The van der Waals surface area contributed by atoms with Crippen LogP contribution in [-0.2, 0) is 19.1 Å². The van der Waals surface area contributed by atoms with Crippen molar-refractivity contribution >= 4 is 85.8 Å². The number of carbonyl (C=O) groups excluding carboxylic acids is 3. The summed E-state index contributed by atoms with van der Waals surface area (Å²) in [5.74, 6) is 0.0809. The van der Waals surface area contributed by atoms with Crippen LogP contribution in [-0.4, -0.2) is 65.0 Å². The van der Waals surface area contributed by atoms with E-state index in [-0.39, 0.29) is 59.5 Å². The molecule has 65 heavy (non-hydrogen) atoms. The fraction of sp³-hybridized carbons (Fsp3) is 0.537. The van der Waals surface area contributed by atoms with E-state index in [2.05, 4.69) is 41.5 Å². The van der Waals surface area contributed by atoms with Crippen LogP contribution in [0.4, 0.5) is 0 Å². The van der Waals surface area contributed by atoms with Crippen LogP contribution in [0.1, 0.15) is 200 Å². The third kappa shape index (κ3) is 11.6. The molecule has 0 spiro atoms. The number of carbonyl (C=O) groups is 3. The fourth-order valence-corrected chi connectivity index (χ4v) is 9.79. The molecule has 3 aliphatic rings. The van der Waals surface area contributed by atoms with E-state index in [1.807, 2.05) is 52.0 Å². The third-order valence-electron chi connectivity index (χ3n) is 14.0. The van der Waals surface area contributed by atoms with Crippen molar-refractivity contribution in [1.29, 1.82) is 0 Å². The number of ether oxygens (including phenoxy) is 2. The van der Waals surface area contributed by atoms with E-state index in [9.17, 15) is 19.5 Å². The van der Waals surface area contributed by atoms with Crippen molar-refractivity contribution < 1.29 is 29.0 Å². The minimum Gasteiger partial charge on any atom is -0.871 e. The molecule has 5 heterocycles. The molecule has 8 bridgehead atoms. The number of methoxy groups -OCH3 is 1. The first-order valence-corrected chi connectivity index (χ1v) is 23.7. The Morgan fingerprint density at radius 3 is 2.14 bits per heavy atom. The van der Waals surface area contributed by atoms with Crippen molar-refractivity contribution in [2.45, 2.75) is 158 Å². The average molecular weight is 894 g/mol. The molecule has 0 N–H and O–H groups in total. The number of aldehydes is 1. The maximum absolute atomic E-state index is 14.3. The third-order valence-corrected chi connectivity index (χ3v) is 14.0. The van der Waals surface area contributed by atoms with Crippen LogP contribution in [0.5, 0.6) is 0 Å². The van der Waals surface area contributed by atoms with Gasteiger partial charge in [-0.15, -0.1) is 22.1 Å². The summed E-state index contributed by atoms with van der Waals surface area (Å²) >= 11 is 0. The Bertz CT molecular complexity index is 2520. The van der Waals surface area contributed by atoms with E-state index in [1.54, 1.807) is 0 Å². The van der Waals surface area contributed by atoms with Crippen molar-refractivity contribution in [3.8, 4) is 0 Å². The zero-order valence-electron chi connectivity index (χ0n) is 40.9. The molecule has 6 rings (SSSR count). The summed E-state index contributed by atoms with van der Waals surface area (Å²) in [6.45, 7) is 21.5. The van der Waals surface area contributed by atoms with Crippen LogP contribution in [0.15, 0.2) is 29.8 Å². The molecule has 0 saturated heterocycles. The van der Waals surface area contributed by atoms with E-state index < -0.39 is 11.7 Å². The van der Waals surface area contributed by atoms with Gasteiger partial charge in [-0.05, 0) is 99.5 Å². The summed E-state index contributed by atoms with van der Waals surface area (Å²) in [6, 6.07) is 5.60. The van der Waals surface area contributed by atoms with Gasteiger partial charge in [0.15, 0.2) is 0 Å². The van der Waals surface area contributed by atoms with Crippen molar-refractivity contribution in [3.05, 3.63) is 80.4 Å². The molecule has 0 aromatic carbocycles. The Balaban J connectivity index is 0.00000793. The van der Waals surface area contributed by atoms with Gasteiger partial charge in [0.2, 0.25) is 0 Å². The Hall–Kier alpha value is -4.48. The van der Waals surface area contributed by atoms with Crippen molar-refractivity contribution in [3.63, 3.8) is 0 Å². The second-order valence-electron chi connectivity index (χ2n) is 19.2. The number of nitrogens with zero attached hydrogens (tertiary/aromatic N) is 4. The summed E-state index contributed by atoms with van der Waals surface area (Å²) in [5.41, 5.74) is 10.2. The Kier molecular flexibility index (Phi) is 18.1. The summed E-state index contributed by atoms with van der Waals surface area (Å²) in [5, 5.41) is 14.3. The summed E-state index contributed by atoms with van der Waals surface area (Å²) in [7, 11) is 1.25. The molecular weight excluding hydrogens is 825 g/mol. The predicted molar refractivity (Wildman–Crippen MR) is 261 cm³/mol. The van der Waals surface area contributed by atoms with Gasteiger partial charge in [0.25, 0.3) is 0 Å². The largest absolute Gasteiger partial charge is 2.00 e. The Labute approximate surface area is 402 Å². The molecule has 11 heteroatoms. The minimum atomic E-state index is -0.770. The average Bonchev–Trinajstić information content (AvgIpc) is 3.99. The second-order valence-corrected chi connectivity index (χ2v) is 19.2. The van der Waals surface area contributed by atoms with Crippen LogP contribution >= 0.6 is 0 Å². The van der Waals surface area contributed by atoms with Gasteiger partial charge in [0.1, 0.15) is 12.9 Å². The molecule has 0 fully saturated rings. The van der Waals surface area contributed by atoms with Crippen molar-refractivity contribution in [1.82, 2.24) is 19.9 Å². The molecule has 3 aromatic heterocycles. The van der Waals surface area contributed by atoms with E-state index >= 15 is 0 Å². The van der Waals surface area contributed by atoms with Crippen molar-refractivity contribution in [2.75, 3.05) is 13.7 Å². The van der Waals surface area contributed by atoms with Gasteiger partial charge in [-0.25, -0.2) is 9.78 Å². The fourth-order valence-electron chi connectivity index (χ4n) is 9.79. The normalized spacial score (nSPS) is 16.8. The Morgan fingerprint density at radius 1 is 0.846 bits per heavy atom. The monoisotopic (exact) mass is 894 g/mol. The van der Waals surface area contributed by atoms with E-state index in [4.69, 9.17) is 29.4 Å². The van der Waals surface area contributed by atoms with Crippen LogP contribution in [0, 0.1) is 31.6 Å². The first kappa shape index (κ1) is 51.5. The summed E-state index contributed by atoms with van der Waals surface area (Å²) < 4.78 is 11.0. The van der Waals surface area contributed by atoms with Gasteiger partial charge in [0, 0.05) is 29.5 Å². The van der Waals surface area contributed by atoms with Crippen molar-refractivity contribution in [2.24, 2.45) is 17.8 Å². The molecule has 0 saturated carbocycles. The first-order chi connectivity index (χ1) is 30.6. The molecule has 344 valence electrons. The van der Waals surface area contributed by atoms with Crippen LogP contribution in [0.3, 0.4) is 0 Å². The first-order valence-electron chi connectivity index (χ1n) is 23.7. The maximum Gasteiger partial charge on any atom is 2.00 e. The second kappa shape index (κ2) is 22.8. The molecule has 0 radical (unpaired) electrons. The zero-order chi connectivity index (χ0) is 46.4. The number of fused-ring (bicyclic) bond motifs is 8. The molecule has 3 aromatic rings. The van der Waals surface area contributed by atoms with Crippen LogP contribution in [0.2, 0.25) is 0 Å². The van der Waals surface area contributed by atoms with Crippen LogP contribution in [0.25, 0.3) is 44.5 Å². The number of rotatable bonds is 20. The zero-order valence-corrected chi connectivity index (χ0v) is 42.3. The number of aryl methyl sites for hydroxylation is 2. The summed E-state index contributed by atoms with van der Waals surface area (Å²) in [6.07, 6.45) is 15.2. The van der Waals surface area contributed by atoms with Gasteiger partial charge >= 0.3 is 35.0 Å². The van der Waals surface area contributed by atoms with Gasteiger partial charge in [-0.1, -0.05) is 127 Å². The smallest absolute Gasteiger partial charge is 0.871 e. The number of hydrogen-bond acceptors (Lipinski definition) is 8. The minimum absolute atomic E-state index is 0. The topological polar surface area (TPSA) is 147 Å². The molecule has 0 amide bonds. The maximum atomic E-state index is 14.3. The number of allylic oxidation sites excluding steroid dienone is 3. The van der Waals surface area contributed by atoms with E-state index in [1.165, 1.54) is 57.6 Å². The number of aromatic nitrogens is 4. The predicted octanol–water partition coefficient (Wildman–Crippen LogP) is 11.3. The quantitative estimate of drug-likeness (QED) is 0.0465. The molecule has 0 unspecified atom stereocenters. The molecule has 1 aliphatic carbocycles. The Morgan fingerprint density at radius 2 is 1.49 bits per heavy atom. The van der Waals surface area contributed by atoms with Crippen LogP contribution < -0.4 is 15.1 Å².